The summed E-state index contributed by atoms with van der Waals surface area (Å²) in [7, 11) is 5.32. The van der Waals surface area contributed by atoms with Gasteiger partial charge in [-0.1, -0.05) is 30.0 Å². The van der Waals surface area contributed by atoms with E-state index < -0.39 is 17.6 Å². The number of fused-ring (bicyclic) bond motifs is 1. The van der Waals surface area contributed by atoms with E-state index in [9.17, 15) is 32.3 Å². The number of hydrogen-bond acceptors (Lipinski definition) is 12. The van der Waals surface area contributed by atoms with E-state index in [0.717, 1.165) is 71.9 Å². The number of carbonyl (C=O) groups is 2. The van der Waals surface area contributed by atoms with Gasteiger partial charge in [0.05, 0.1) is 55.6 Å². The van der Waals surface area contributed by atoms with Crippen molar-refractivity contribution < 1.29 is 46.5 Å². The molecular weight excluding hydrogens is 867 g/mol. The highest BCUT2D eigenvalue weighted by atomic mass is 32.1. The number of aryl methyl sites for hydroxylation is 1. The Bertz CT molecular complexity index is 2490. The quantitative estimate of drug-likeness (QED) is 0.0186. The fraction of sp³-hybridized carbons (Fsp3) is 0.404. The maximum absolute atomic E-state index is 13.7. The van der Waals surface area contributed by atoms with Gasteiger partial charge in [-0.25, -0.2) is 9.37 Å². The van der Waals surface area contributed by atoms with E-state index in [1.54, 1.807) is 41.1 Å². The Balaban J connectivity index is 0.909. The van der Waals surface area contributed by atoms with Crippen LogP contribution in [-0.4, -0.2) is 103 Å². The Morgan fingerprint density at radius 1 is 1.09 bits per heavy atom. The molecule has 6 rings (SSSR count). The molecule has 0 radical (unpaired) electrons. The molecule has 0 unspecified atom stereocenters. The zero-order valence-electron chi connectivity index (χ0n) is 36.5. The second-order valence-corrected chi connectivity index (χ2v) is 16.6. The van der Waals surface area contributed by atoms with Crippen molar-refractivity contribution in [1.29, 1.82) is 0 Å². The number of likely N-dealkylation sites (tertiary alicyclic amines) is 1. The van der Waals surface area contributed by atoms with Gasteiger partial charge >= 0.3 is 6.18 Å². The number of aromatic nitrogens is 2. The molecule has 1 saturated heterocycles. The lowest BCUT2D eigenvalue weighted by atomic mass is 9.96. The average molecular weight is 920 g/mol. The zero-order chi connectivity index (χ0) is 46.3. The largest absolute Gasteiger partial charge is 0.497 e. The third kappa shape index (κ3) is 13.6. The Kier molecular flexibility index (Phi) is 17.5. The molecule has 2 aromatic heterocycles. The lowest BCUT2D eigenvalue weighted by Crippen LogP contribution is -2.41. The van der Waals surface area contributed by atoms with Gasteiger partial charge in [-0.05, 0) is 79.5 Å². The fourth-order valence-electron chi connectivity index (χ4n) is 7.34. The number of aliphatic hydroxyl groups is 1. The number of carbonyl (C=O) groups excluding carboxylic acids is 2. The molecule has 3 heterocycles. The lowest BCUT2D eigenvalue weighted by molar-refractivity contribution is -0.140. The third-order valence-electron chi connectivity index (χ3n) is 10.8. The predicted molar refractivity (Wildman–Crippen MR) is 240 cm³/mol. The second-order valence-electron chi connectivity index (χ2n) is 15.5. The van der Waals surface area contributed by atoms with Crippen molar-refractivity contribution in [2.24, 2.45) is 18.1 Å². The summed E-state index contributed by atoms with van der Waals surface area (Å²) in [6, 6.07) is 15.7. The number of nitrogens with zero attached hydrogens (tertiary/aromatic N) is 5. The number of benzene rings is 3. The molecule has 0 bridgehead atoms. The van der Waals surface area contributed by atoms with E-state index in [1.165, 1.54) is 17.4 Å². The van der Waals surface area contributed by atoms with Crippen LogP contribution in [0, 0.1) is 23.6 Å². The van der Waals surface area contributed by atoms with Gasteiger partial charge in [0.25, 0.3) is 0 Å². The van der Waals surface area contributed by atoms with Crippen molar-refractivity contribution in [2.45, 2.75) is 51.7 Å². The number of rotatable bonds is 21. The average Bonchev–Trinajstić information content (AvgIpc) is 3.83. The van der Waals surface area contributed by atoms with E-state index in [0.29, 0.717) is 79.6 Å². The second kappa shape index (κ2) is 23.4. The summed E-state index contributed by atoms with van der Waals surface area (Å²) in [6.45, 7) is 4.41. The van der Waals surface area contributed by atoms with Gasteiger partial charge in [0.15, 0.2) is 11.9 Å². The molecule has 0 saturated carbocycles. The topological polar surface area (TPSA) is 143 Å². The number of methoxy groups -OCH3 is 1. The van der Waals surface area contributed by atoms with Crippen molar-refractivity contribution in [3.05, 3.63) is 111 Å². The number of hydrazone groups is 1. The summed E-state index contributed by atoms with van der Waals surface area (Å²) < 4.78 is 73.1. The number of aliphatic hydroxyl groups excluding tert-OH is 1. The lowest BCUT2D eigenvalue weighted by Gasteiger charge is -2.31. The van der Waals surface area contributed by atoms with Crippen molar-refractivity contribution >= 4 is 40.1 Å². The Labute approximate surface area is 379 Å². The van der Waals surface area contributed by atoms with E-state index in [1.807, 2.05) is 38.4 Å². The number of alkyl halides is 3. The third-order valence-corrected chi connectivity index (χ3v) is 11.9. The highest BCUT2D eigenvalue weighted by Crippen LogP contribution is 2.33. The zero-order valence-corrected chi connectivity index (χ0v) is 37.4. The first-order valence-electron chi connectivity index (χ1n) is 21.2. The minimum absolute atomic E-state index is 0.00597. The molecule has 13 nitrogen and oxygen atoms in total. The van der Waals surface area contributed by atoms with Crippen LogP contribution in [0.5, 0.6) is 11.5 Å². The van der Waals surface area contributed by atoms with Crippen molar-refractivity contribution in [2.75, 3.05) is 60.1 Å². The number of nitrogens with one attached hydrogen (secondary N) is 2. The molecule has 18 heteroatoms. The Morgan fingerprint density at radius 2 is 1.91 bits per heavy atom. The van der Waals surface area contributed by atoms with Crippen LogP contribution in [0.25, 0.3) is 10.3 Å². The molecule has 3 aromatic carbocycles. The summed E-state index contributed by atoms with van der Waals surface area (Å²) in [5.41, 5.74) is 3.13. The van der Waals surface area contributed by atoms with Gasteiger partial charge in [-0.3, -0.25) is 14.6 Å². The van der Waals surface area contributed by atoms with Crippen LogP contribution in [0.15, 0.2) is 65.8 Å². The van der Waals surface area contributed by atoms with Crippen molar-refractivity contribution in [3.63, 3.8) is 0 Å². The summed E-state index contributed by atoms with van der Waals surface area (Å²) in [5.74, 6) is 5.92. The van der Waals surface area contributed by atoms with Crippen molar-refractivity contribution in [3.8, 4) is 23.3 Å². The summed E-state index contributed by atoms with van der Waals surface area (Å²) in [5, 5.41) is 22.5. The maximum atomic E-state index is 13.7. The number of thiazole rings is 1. The number of piperidine rings is 1. The van der Waals surface area contributed by atoms with Crippen LogP contribution in [0.1, 0.15) is 68.1 Å². The molecule has 0 spiro atoms. The Morgan fingerprint density at radius 3 is 2.66 bits per heavy atom. The molecule has 1 aliphatic heterocycles. The Hall–Kier alpha value is -5.84. The predicted octanol–water partition coefficient (Wildman–Crippen LogP) is 6.53. The number of halogens is 4. The van der Waals surface area contributed by atoms with E-state index in [2.05, 4.69) is 32.5 Å². The number of ether oxygens (including phenoxy) is 3. The molecule has 346 valence electrons. The molecule has 1 fully saturated rings. The first kappa shape index (κ1) is 48.6. The van der Waals surface area contributed by atoms with E-state index in [4.69, 9.17) is 19.2 Å². The summed E-state index contributed by atoms with van der Waals surface area (Å²) in [4.78, 5) is 32.0. The minimum atomic E-state index is -4.83. The van der Waals surface area contributed by atoms with Gasteiger partial charge in [0, 0.05) is 69.3 Å². The molecule has 65 heavy (non-hydrogen) atoms. The number of aldehydes is 1. The van der Waals surface area contributed by atoms with Gasteiger partial charge in [0.2, 0.25) is 5.91 Å². The minimum Gasteiger partial charge on any atom is -0.497 e. The van der Waals surface area contributed by atoms with Crippen LogP contribution >= 0.6 is 11.3 Å². The summed E-state index contributed by atoms with van der Waals surface area (Å²) >= 11 is 1.48. The van der Waals surface area contributed by atoms with Crippen LogP contribution < -0.4 is 20.1 Å². The number of amides is 1. The van der Waals surface area contributed by atoms with Crippen LogP contribution in [0.2, 0.25) is 0 Å². The van der Waals surface area contributed by atoms with Crippen molar-refractivity contribution in [1.82, 2.24) is 30.1 Å². The van der Waals surface area contributed by atoms with Crippen LogP contribution in [0.4, 0.5) is 17.6 Å². The molecular formula is C47H53F4N7O6S. The van der Waals surface area contributed by atoms with E-state index in [-0.39, 0.29) is 30.6 Å². The molecule has 1 amide bonds. The van der Waals surface area contributed by atoms with Gasteiger partial charge in [-0.15, -0.1) is 11.3 Å². The number of hydrogen-bond donors (Lipinski definition) is 3. The molecule has 5 aromatic rings. The standard InChI is InChI=1S/C47H53F4N7O6S/c1-56(28-33-8-6-9-37(24-33)62-3)54-27-38-41(29-60)57(2)45-44(38)65-43(55-45)31-63-22-20-58-18-14-35(15-19-58)46(61)53-16-5-4-7-32-11-13-42(36(23-32)26-52-17-21-59)64-30-34-10-12-40(48)39(25-34)47(49,50)51/h6,8-13,23-25,27,29,35,52,59H,5,14-22,26,28,30-31H2,1-3H3,(H,53,61)/b54-27-. The molecule has 1 aliphatic rings. The highest BCUT2D eigenvalue weighted by molar-refractivity contribution is 7.19. The normalized spacial score (nSPS) is 13.5. The fourth-order valence-corrected chi connectivity index (χ4v) is 8.39. The highest BCUT2D eigenvalue weighted by Gasteiger charge is 2.34. The van der Waals surface area contributed by atoms with E-state index >= 15 is 0 Å². The molecule has 3 N–H and O–H groups in total. The maximum Gasteiger partial charge on any atom is 0.419 e. The van der Waals surface area contributed by atoms with Crippen LogP contribution in [0.3, 0.4) is 0 Å². The van der Waals surface area contributed by atoms with Crippen LogP contribution in [-0.2, 0) is 49.1 Å². The smallest absolute Gasteiger partial charge is 0.419 e. The van der Waals surface area contributed by atoms with Gasteiger partial charge in [-0.2, -0.15) is 18.3 Å². The first-order chi connectivity index (χ1) is 31.4. The van der Waals surface area contributed by atoms with Gasteiger partial charge in [0.1, 0.15) is 28.9 Å². The molecule has 0 atom stereocenters. The SMILES string of the molecule is COc1cccc(CN(C)/N=C\c2c(C=O)n(C)c3nc(COCCN4CCC(C(=O)NCCC#Cc5ccc(OCc6ccc(F)c(C(F)(F)F)c6)c(CNCCO)c5)CC4)sc23)c1. The van der Waals surface area contributed by atoms with Gasteiger partial charge < -0.3 is 39.4 Å². The first-order valence-corrected chi connectivity index (χ1v) is 22.0. The summed E-state index contributed by atoms with van der Waals surface area (Å²) in [6.07, 6.45) is -0.399. The molecule has 0 aliphatic carbocycles. The monoisotopic (exact) mass is 919 g/mol.